The molecule has 1 heterocycles. The van der Waals surface area contributed by atoms with E-state index in [2.05, 4.69) is 5.32 Å². The van der Waals surface area contributed by atoms with Gasteiger partial charge in [0.1, 0.15) is 0 Å². The molecule has 1 unspecified atom stereocenters. The van der Waals surface area contributed by atoms with Gasteiger partial charge in [-0.3, -0.25) is 4.79 Å². The number of benzene rings is 1. The predicted octanol–water partition coefficient (Wildman–Crippen LogP) is 2.68. The third-order valence-corrected chi connectivity index (χ3v) is 3.09. The molecule has 0 aromatic heterocycles. The van der Waals surface area contributed by atoms with Gasteiger partial charge in [-0.05, 0) is 37.6 Å². The highest BCUT2D eigenvalue weighted by molar-refractivity contribution is 5.96. The van der Waals surface area contributed by atoms with Crippen LogP contribution in [-0.2, 0) is 0 Å². The van der Waals surface area contributed by atoms with Crippen LogP contribution in [0.4, 0.5) is 8.78 Å². The highest BCUT2D eigenvalue weighted by atomic mass is 19.2. The lowest BCUT2D eigenvalue weighted by Gasteiger charge is -2.22. The minimum absolute atomic E-state index is 0.136. The van der Waals surface area contributed by atoms with Crippen molar-refractivity contribution in [2.24, 2.45) is 0 Å². The zero-order valence-corrected chi connectivity index (χ0v) is 9.51. The summed E-state index contributed by atoms with van der Waals surface area (Å²) in [6, 6.07) is 3.48. The van der Waals surface area contributed by atoms with E-state index in [1.165, 1.54) is 6.07 Å². The van der Waals surface area contributed by atoms with Crippen LogP contribution in [-0.4, -0.2) is 18.4 Å². The van der Waals surface area contributed by atoms with Crippen molar-refractivity contribution in [3.63, 3.8) is 0 Å². The first-order valence-corrected chi connectivity index (χ1v) is 5.88. The van der Waals surface area contributed by atoms with E-state index < -0.39 is 11.6 Å². The second-order valence-electron chi connectivity index (χ2n) is 4.40. The molecule has 1 aromatic carbocycles. The molecule has 2 rings (SSSR count). The van der Waals surface area contributed by atoms with Crippen LogP contribution in [0.25, 0.3) is 0 Å². The Morgan fingerprint density at radius 3 is 2.76 bits per heavy atom. The van der Waals surface area contributed by atoms with E-state index in [1.54, 1.807) is 0 Å². The van der Waals surface area contributed by atoms with Gasteiger partial charge in [-0.1, -0.05) is 6.42 Å². The molecule has 0 aliphatic carbocycles. The Hall–Kier alpha value is -1.29. The van der Waals surface area contributed by atoms with Crippen LogP contribution >= 0.6 is 0 Å². The van der Waals surface area contributed by atoms with Crippen molar-refractivity contribution in [2.75, 3.05) is 6.54 Å². The number of hydrogen-bond acceptors (Lipinski definition) is 2. The van der Waals surface area contributed by atoms with Gasteiger partial charge in [0, 0.05) is 18.0 Å². The van der Waals surface area contributed by atoms with Crippen LogP contribution in [0.3, 0.4) is 0 Å². The summed E-state index contributed by atoms with van der Waals surface area (Å²) in [4.78, 5) is 11.8. The first-order chi connectivity index (χ1) is 8.16. The summed E-state index contributed by atoms with van der Waals surface area (Å²) in [5, 5.41) is 3.26. The minimum Gasteiger partial charge on any atom is -0.314 e. The lowest BCUT2D eigenvalue weighted by atomic mass is 9.97. The number of piperidine rings is 1. The van der Waals surface area contributed by atoms with Crippen LogP contribution < -0.4 is 5.32 Å². The lowest BCUT2D eigenvalue weighted by Crippen LogP contribution is -2.35. The van der Waals surface area contributed by atoms with Crippen molar-refractivity contribution in [1.29, 1.82) is 0 Å². The van der Waals surface area contributed by atoms with Crippen molar-refractivity contribution in [3.05, 3.63) is 35.4 Å². The first-order valence-electron chi connectivity index (χ1n) is 5.88. The number of hydrogen-bond donors (Lipinski definition) is 1. The summed E-state index contributed by atoms with van der Waals surface area (Å²) < 4.78 is 25.7. The molecular weight excluding hydrogens is 224 g/mol. The largest absolute Gasteiger partial charge is 0.314 e. The monoisotopic (exact) mass is 239 g/mol. The summed E-state index contributed by atoms with van der Waals surface area (Å²) >= 11 is 0. The Morgan fingerprint density at radius 2 is 2.12 bits per heavy atom. The number of Topliss-reactive ketones (excluding diaryl/α,β-unsaturated/α-hetero) is 1. The molecule has 0 bridgehead atoms. The molecule has 1 aromatic rings. The number of carbonyl (C=O) groups is 1. The first kappa shape index (κ1) is 12.2. The molecule has 0 radical (unpaired) electrons. The number of halogens is 2. The van der Waals surface area contributed by atoms with Gasteiger partial charge in [0.15, 0.2) is 17.4 Å². The summed E-state index contributed by atoms with van der Waals surface area (Å²) in [5.41, 5.74) is 0.247. The van der Waals surface area contributed by atoms with E-state index in [9.17, 15) is 13.6 Å². The average Bonchev–Trinajstić information content (AvgIpc) is 2.34. The second kappa shape index (κ2) is 5.36. The Kier molecular flexibility index (Phi) is 3.84. The normalized spacial score (nSPS) is 20.2. The van der Waals surface area contributed by atoms with Gasteiger partial charge < -0.3 is 5.32 Å². The second-order valence-corrected chi connectivity index (χ2v) is 4.40. The van der Waals surface area contributed by atoms with E-state index in [0.717, 1.165) is 37.9 Å². The van der Waals surface area contributed by atoms with Gasteiger partial charge in [-0.25, -0.2) is 8.78 Å². The minimum atomic E-state index is -0.965. The Morgan fingerprint density at radius 1 is 1.29 bits per heavy atom. The van der Waals surface area contributed by atoms with Crippen molar-refractivity contribution in [1.82, 2.24) is 5.32 Å². The topological polar surface area (TPSA) is 29.1 Å². The zero-order valence-electron chi connectivity index (χ0n) is 9.51. The van der Waals surface area contributed by atoms with E-state index in [-0.39, 0.29) is 17.4 Å². The number of carbonyl (C=O) groups excluding carboxylic acids is 1. The molecule has 0 saturated carbocycles. The van der Waals surface area contributed by atoms with Gasteiger partial charge in [0.2, 0.25) is 0 Å². The molecule has 4 heteroatoms. The molecule has 1 N–H and O–H groups in total. The van der Waals surface area contributed by atoms with Crippen LogP contribution in [0, 0.1) is 11.6 Å². The Labute approximate surface area is 99.0 Å². The van der Waals surface area contributed by atoms with Gasteiger partial charge in [-0.2, -0.15) is 0 Å². The van der Waals surface area contributed by atoms with Crippen LogP contribution in [0.15, 0.2) is 18.2 Å². The third-order valence-electron chi connectivity index (χ3n) is 3.09. The van der Waals surface area contributed by atoms with Crippen LogP contribution in [0.2, 0.25) is 0 Å². The standard InChI is InChI=1S/C13H15F2NO/c14-11-5-4-9(7-12(11)15)13(17)8-10-3-1-2-6-16-10/h4-5,7,10,16H,1-3,6,8H2. The van der Waals surface area contributed by atoms with Crippen molar-refractivity contribution in [2.45, 2.75) is 31.7 Å². The molecule has 0 spiro atoms. The van der Waals surface area contributed by atoms with E-state index in [4.69, 9.17) is 0 Å². The molecule has 0 amide bonds. The smallest absolute Gasteiger partial charge is 0.164 e. The lowest BCUT2D eigenvalue weighted by molar-refractivity contribution is 0.0963. The third kappa shape index (κ3) is 3.09. The fourth-order valence-corrected chi connectivity index (χ4v) is 2.11. The van der Waals surface area contributed by atoms with Crippen LogP contribution in [0.5, 0.6) is 0 Å². The number of rotatable bonds is 3. The number of ketones is 1. The van der Waals surface area contributed by atoms with E-state index in [0.29, 0.717) is 6.42 Å². The molecule has 1 aliphatic heterocycles. The zero-order chi connectivity index (χ0) is 12.3. The number of nitrogens with one attached hydrogen (secondary N) is 1. The fourth-order valence-electron chi connectivity index (χ4n) is 2.11. The summed E-state index contributed by atoms with van der Waals surface area (Å²) in [5.74, 6) is -2.02. The van der Waals surface area contributed by atoms with Crippen molar-refractivity contribution in [3.8, 4) is 0 Å². The van der Waals surface area contributed by atoms with Gasteiger partial charge >= 0.3 is 0 Å². The molecule has 1 fully saturated rings. The SMILES string of the molecule is O=C(CC1CCCCN1)c1ccc(F)c(F)c1. The highest BCUT2D eigenvalue weighted by Gasteiger charge is 2.18. The quantitative estimate of drug-likeness (QED) is 0.822. The highest BCUT2D eigenvalue weighted by Crippen LogP contribution is 2.15. The predicted molar refractivity (Wildman–Crippen MR) is 60.9 cm³/mol. The Bertz CT molecular complexity index is 414. The fraction of sp³-hybridized carbons (Fsp3) is 0.462. The van der Waals surface area contributed by atoms with Gasteiger partial charge in [-0.15, -0.1) is 0 Å². The molecule has 17 heavy (non-hydrogen) atoms. The summed E-state index contributed by atoms with van der Waals surface area (Å²) in [6.45, 7) is 0.926. The summed E-state index contributed by atoms with van der Waals surface area (Å²) in [6.07, 6.45) is 3.57. The van der Waals surface area contributed by atoms with Crippen molar-refractivity contribution >= 4 is 5.78 Å². The van der Waals surface area contributed by atoms with E-state index >= 15 is 0 Å². The molecule has 1 saturated heterocycles. The molecule has 92 valence electrons. The maximum atomic E-state index is 13.0. The Balaban J connectivity index is 2.01. The summed E-state index contributed by atoms with van der Waals surface area (Å²) in [7, 11) is 0. The average molecular weight is 239 g/mol. The molecular formula is C13H15F2NO. The van der Waals surface area contributed by atoms with Crippen molar-refractivity contribution < 1.29 is 13.6 Å². The van der Waals surface area contributed by atoms with Crippen LogP contribution in [0.1, 0.15) is 36.0 Å². The van der Waals surface area contributed by atoms with Gasteiger partial charge in [0.05, 0.1) is 0 Å². The van der Waals surface area contributed by atoms with E-state index in [1.807, 2.05) is 0 Å². The molecule has 1 aliphatic rings. The maximum Gasteiger partial charge on any atom is 0.164 e. The maximum absolute atomic E-state index is 13.0. The molecule has 2 nitrogen and oxygen atoms in total. The van der Waals surface area contributed by atoms with Gasteiger partial charge in [0.25, 0.3) is 0 Å². The molecule has 1 atom stereocenters.